The standard InChI is InChI=1S/C8H11N3O/c1-9-8(4-5-8)7-3-2-6-11(12)10-7/h2-3,6,9H,4-5H2,1H3. The first-order valence-electron chi connectivity index (χ1n) is 4.03. The summed E-state index contributed by atoms with van der Waals surface area (Å²) in [4.78, 5) is 0.604. The second-order valence-electron chi connectivity index (χ2n) is 3.13. The van der Waals surface area contributed by atoms with Crippen molar-refractivity contribution in [1.29, 1.82) is 0 Å². The number of nitrogens with zero attached hydrogens (tertiary/aromatic N) is 2. The normalized spacial score (nSPS) is 19.1. The fourth-order valence-corrected chi connectivity index (χ4v) is 1.40. The molecule has 0 spiro atoms. The molecular weight excluding hydrogens is 154 g/mol. The molecule has 1 fully saturated rings. The average Bonchev–Trinajstić information content (AvgIpc) is 2.84. The zero-order valence-corrected chi connectivity index (χ0v) is 6.95. The van der Waals surface area contributed by atoms with Crippen molar-refractivity contribution in [2.75, 3.05) is 7.05 Å². The number of hydrogen-bond donors (Lipinski definition) is 1. The van der Waals surface area contributed by atoms with Gasteiger partial charge in [-0.05, 0) is 26.0 Å². The Bertz CT molecular complexity index is 296. The molecule has 0 radical (unpaired) electrons. The molecule has 4 heteroatoms. The molecule has 2 rings (SSSR count). The van der Waals surface area contributed by atoms with Gasteiger partial charge in [0.05, 0.1) is 5.54 Å². The van der Waals surface area contributed by atoms with E-state index >= 15 is 0 Å². The Morgan fingerprint density at radius 1 is 1.67 bits per heavy atom. The Kier molecular flexibility index (Phi) is 1.51. The van der Waals surface area contributed by atoms with Gasteiger partial charge in [0.25, 0.3) is 0 Å². The lowest BCUT2D eigenvalue weighted by Gasteiger charge is -2.10. The van der Waals surface area contributed by atoms with Crippen molar-refractivity contribution in [2.24, 2.45) is 0 Å². The van der Waals surface area contributed by atoms with E-state index in [0.29, 0.717) is 4.85 Å². The first-order chi connectivity index (χ1) is 5.77. The predicted molar refractivity (Wildman–Crippen MR) is 43.2 cm³/mol. The van der Waals surface area contributed by atoms with Gasteiger partial charge in [-0.1, -0.05) is 4.85 Å². The maximum atomic E-state index is 10.9. The second kappa shape index (κ2) is 2.42. The highest BCUT2D eigenvalue weighted by Crippen LogP contribution is 2.43. The smallest absolute Gasteiger partial charge is 0.209 e. The molecule has 0 atom stereocenters. The molecule has 1 aromatic rings. The molecular formula is C8H11N3O. The lowest BCUT2D eigenvalue weighted by molar-refractivity contribution is -0.670. The van der Waals surface area contributed by atoms with Crippen LogP contribution in [0, 0.1) is 5.21 Å². The molecule has 0 aromatic carbocycles. The highest BCUT2D eigenvalue weighted by Gasteiger charge is 2.45. The first-order valence-corrected chi connectivity index (χ1v) is 4.03. The molecule has 1 aromatic heterocycles. The maximum absolute atomic E-state index is 10.9. The van der Waals surface area contributed by atoms with E-state index < -0.39 is 0 Å². The van der Waals surface area contributed by atoms with Crippen molar-refractivity contribution in [2.45, 2.75) is 18.4 Å². The Labute approximate surface area is 70.8 Å². The third kappa shape index (κ3) is 1.04. The summed E-state index contributed by atoms with van der Waals surface area (Å²) in [5.74, 6) is 0. The minimum atomic E-state index is -0.00653. The third-order valence-electron chi connectivity index (χ3n) is 2.39. The highest BCUT2D eigenvalue weighted by molar-refractivity contribution is 5.20. The van der Waals surface area contributed by atoms with Gasteiger partial charge in [0, 0.05) is 11.2 Å². The van der Waals surface area contributed by atoms with E-state index in [1.807, 2.05) is 13.1 Å². The largest absolute Gasteiger partial charge is 0.594 e. The summed E-state index contributed by atoms with van der Waals surface area (Å²) in [6.45, 7) is 0. The fourth-order valence-electron chi connectivity index (χ4n) is 1.40. The summed E-state index contributed by atoms with van der Waals surface area (Å²) in [6, 6.07) is 3.62. The highest BCUT2D eigenvalue weighted by atomic mass is 16.5. The average molecular weight is 165 g/mol. The van der Waals surface area contributed by atoms with Gasteiger partial charge in [0.1, 0.15) is 5.69 Å². The van der Waals surface area contributed by atoms with Crippen LogP contribution in [-0.2, 0) is 5.54 Å². The van der Waals surface area contributed by atoms with Crippen molar-refractivity contribution in [3.8, 4) is 0 Å². The summed E-state index contributed by atoms with van der Waals surface area (Å²) in [6.07, 6.45) is 3.54. The third-order valence-corrected chi connectivity index (χ3v) is 2.39. The van der Waals surface area contributed by atoms with Crippen molar-refractivity contribution in [3.63, 3.8) is 0 Å². The summed E-state index contributed by atoms with van der Waals surface area (Å²) in [5.41, 5.74) is 0.843. The van der Waals surface area contributed by atoms with Gasteiger partial charge >= 0.3 is 0 Å². The molecule has 0 aliphatic heterocycles. The van der Waals surface area contributed by atoms with Crippen LogP contribution in [-0.4, -0.2) is 12.1 Å². The van der Waals surface area contributed by atoms with Crippen molar-refractivity contribution < 1.29 is 4.85 Å². The van der Waals surface area contributed by atoms with Crippen LogP contribution >= 0.6 is 0 Å². The Hall–Kier alpha value is -1.16. The van der Waals surface area contributed by atoms with Gasteiger partial charge in [-0.2, -0.15) is 0 Å². The number of rotatable bonds is 2. The summed E-state index contributed by atoms with van der Waals surface area (Å²) in [7, 11) is 1.90. The SMILES string of the molecule is CNC1(c2ccc[n+]([O-])n2)CC1. The Morgan fingerprint density at radius 2 is 2.42 bits per heavy atom. The van der Waals surface area contributed by atoms with E-state index in [9.17, 15) is 5.21 Å². The lowest BCUT2D eigenvalue weighted by atomic mass is 10.2. The predicted octanol–water partition coefficient (Wildman–Crippen LogP) is -0.0765. The van der Waals surface area contributed by atoms with Crippen LogP contribution in [0.15, 0.2) is 18.3 Å². The molecule has 0 unspecified atom stereocenters. The molecule has 1 aliphatic carbocycles. The second-order valence-corrected chi connectivity index (χ2v) is 3.13. The van der Waals surface area contributed by atoms with Crippen LogP contribution in [0.2, 0.25) is 0 Å². The summed E-state index contributed by atoms with van der Waals surface area (Å²) in [5, 5.41) is 17.9. The van der Waals surface area contributed by atoms with Crippen LogP contribution in [0.1, 0.15) is 18.5 Å². The van der Waals surface area contributed by atoms with E-state index in [4.69, 9.17) is 0 Å². The first kappa shape index (κ1) is 7.49. The van der Waals surface area contributed by atoms with Gasteiger partial charge in [-0.15, -0.1) is 0 Å². The molecule has 12 heavy (non-hydrogen) atoms. The Morgan fingerprint density at radius 3 is 2.92 bits per heavy atom. The molecule has 0 bridgehead atoms. The van der Waals surface area contributed by atoms with E-state index in [1.165, 1.54) is 6.20 Å². The minimum absolute atomic E-state index is 0.00653. The van der Waals surface area contributed by atoms with Gasteiger partial charge in [-0.3, -0.25) is 0 Å². The molecule has 0 saturated heterocycles. The zero-order chi connectivity index (χ0) is 8.60. The number of hydrogen-bond acceptors (Lipinski definition) is 3. The Balaban J connectivity index is 2.34. The number of aromatic nitrogens is 2. The van der Waals surface area contributed by atoms with E-state index in [0.717, 1.165) is 18.5 Å². The van der Waals surface area contributed by atoms with E-state index in [1.54, 1.807) is 6.07 Å². The van der Waals surface area contributed by atoms with E-state index in [-0.39, 0.29) is 5.54 Å². The molecule has 1 N–H and O–H groups in total. The molecule has 1 heterocycles. The topological polar surface area (TPSA) is 51.9 Å². The number of nitrogens with one attached hydrogen (secondary N) is 1. The van der Waals surface area contributed by atoms with Gasteiger partial charge in [0.2, 0.25) is 6.20 Å². The van der Waals surface area contributed by atoms with E-state index in [2.05, 4.69) is 10.4 Å². The van der Waals surface area contributed by atoms with Crippen LogP contribution in [0.25, 0.3) is 0 Å². The lowest BCUT2D eigenvalue weighted by Crippen LogP contribution is -2.36. The van der Waals surface area contributed by atoms with Gasteiger partial charge < -0.3 is 10.5 Å². The molecule has 64 valence electrons. The minimum Gasteiger partial charge on any atom is -0.594 e. The van der Waals surface area contributed by atoms with Crippen LogP contribution < -0.4 is 10.2 Å². The van der Waals surface area contributed by atoms with Crippen molar-refractivity contribution >= 4 is 0 Å². The summed E-state index contributed by atoms with van der Waals surface area (Å²) >= 11 is 0. The quantitative estimate of drug-likeness (QED) is 0.492. The molecule has 0 amide bonds. The summed E-state index contributed by atoms with van der Waals surface area (Å²) < 4.78 is 0. The molecule has 1 aliphatic rings. The van der Waals surface area contributed by atoms with Crippen LogP contribution in [0.4, 0.5) is 0 Å². The van der Waals surface area contributed by atoms with Crippen LogP contribution in [0.5, 0.6) is 0 Å². The zero-order valence-electron chi connectivity index (χ0n) is 6.95. The fraction of sp³-hybridized carbons (Fsp3) is 0.500. The van der Waals surface area contributed by atoms with Crippen molar-refractivity contribution in [1.82, 2.24) is 10.4 Å². The van der Waals surface area contributed by atoms with Crippen molar-refractivity contribution in [3.05, 3.63) is 29.2 Å². The maximum Gasteiger partial charge on any atom is 0.209 e. The molecule has 4 nitrogen and oxygen atoms in total. The molecule has 1 saturated carbocycles. The monoisotopic (exact) mass is 165 g/mol. The van der Waals surface area contributed by atoms with Crippen LogP contribution in [0.3, 0.4) is 0 Å². The van der Waals surface area contributed by atoms with Gasteiger partial charge in [-0.25, -0.2) is 0 Å². The van der Waals surface area contributed by atoms with Gasteiger partial charge in [0.15, 0.2) is 0 Å².